The zero-order valence-corrected chi connectivity index (χ0v) is 15.3. The molecule has 142 valence electrons. The van der Waals surface area contributed by atoms with Crippen LogP contribution in [-0.2, 0) is 20.7 Å². The van der Waals surface area contributed by atoms with Crippen LogP contribution in [0.3, 0.4) is 0 Å². The van der Waals surface area contributed by atoms with E-state index in [0.717, 1.165) is 11.1 Å². The van der Waals surface area contributed by atoms with Crippen molar-refractivity contribution in [2.24, 2.45) is 0 Å². The number of phenols is 2. The van der Waals surface area contributed by atoms with Crippen molar-refractivity contribution in [3.63, 3.8) is 0 Å². The van der Waals surface area contributed by atoms with Gasteiger partial charge in [-0.05, 0) is 60.9 Å². The van der Waals surface area contributed by atoms with E-state index in [2.05, 4.69) is 5.32 Å². The number of hydrogen-bond acceptors (Lipinski definition) is 5. The van der Waals surface area contributed by atoms with Gasteiger partial charge in [-0.3, -0.25) is 4.79 Å². The van der Waals surface area contributed by atoms with Gasteiger partial charge in [-0.1, -0.05) is 18.2 Å². The maximum atomic E-state index is 12.2. The lowest BCUT2D eigenvalue weighted by molar-refractivity contribution is -0.146. The summed E-state index contributed by atoms with van der Waals surface area (Å²) in [7, 11) is 0. The first-order chi connectivity index (χ1) is 12.9. The minimum atomic E-state index is -0.840. The van der Waals surface area contributed by atoms with Gasteiger partial charge < -0.3 is 20.3 Å². The summed E-state index contributed by atoms with van der Waals surface area (Å²) >= 11 is 0. The molecule has 2 aromatic carbocycles. The molecule has 2 aromatic rings. The summed E-state index contributed by atoms with van der Waals surface area (Å²) in [6.45, 7) is 3.68. The molecule has 0 radical (unpaired) electrons. The Morgan fingerprint density at radius 1 is 1.15 bits per heavy atom. The second kappa shape index (κ2) is 9.43. The molecule has 27 heavy (non-hydrogen) atoms. The van der Waals surface area contributed by atoms with Crippen LogP contribution < -0.4 is 5.32 Å². The number of ether oxygens (including phenoxy) is 1. The van der Waals surface area contributed by atoms with Crippen LogP contribution in [0.25, 0.3) is 6.08 Å². The zero-order chi connectivity index (χ0) is 19.8. The summed E-state index contributed by atoms with van der Waals surface area (Å²) in [6, 6.07) is 10.6. The summed E-state index contributed by atoms with van der Waals surface area (Å²) in [4.78, 5) is 24.4. The van der Waals surface area contributed by atoms with Gasteiger partial charge in [0.25, 0.3) is 0 Å². The summed E-state index contributed by atoms with van der Waals surface area (Å²) in [6.07, 6.45) is 3.18. The largest absolute Gasteiger partial charge is 0.508 e. The Kier molecular flexibility index (Phi) is 7.00. The smallest absolute Gasteiger partial charge is 0.328 e. The summed E-state index contributed by atoms with van der Waals surface area (Å²) in [5, 5.41) is 21.5. The highest BCUT2D eigenvalue weighted by molar-refractivity contribution is 5.94. The van der Waals surface area contributed by atoms with Crippen LogP contribution >= 0.6 is 0 Å². The zero-order valence-electron chi connectivity index (χ0n) is 15.3. The van der Waals surface area contributed by atoms with Gasteiger partial charge in [0.1, 0.15) is 17.5 Å². The molecule has 0 saturated heterocycles. The number of aromatic hydroxyl groups is 2. The second-order valence-electron chi connectivity index (χ2n) is 6.06. The van der Waals surface area contributed by atoms with Crippen molar-refractivity contribution in [2.75, 3.05) is 6.61 Å². The average Bonchev–Trinajstić information content (AvgIpc) is 2.64. The van der Waals surface area contributed by atoms with E-state index < -0.39 is 17.9 Å². The van der Waals surface area contributed by atoms with Crippen LogP contribution in [-0.4, -0.2) is 34.7 Å². The van der Waals surface area contributed by atoms with Crippen molar-refractivity contribution in [1.82, 2.24) is 5.32 Å². The van der Waals surface area contributed by atoms with Gasteiger partial charge >= 0.3 is 5.97 Å². The van der Waals surface area contributed by atoms with Crippen LogP contribution in [0.15, 0.2) is 48.5 Å². The molecular formula is C21H23NO5. The van der Waals surface area contributed by atoms with Crippen molar-refractivity contribution in [3.05, 3.63) is 65.2 Å². The number of nitrogens with one attached hydrogen (secondary N) is 1. The Morgan fingerprint density at radius 3 is 2.48 bits per heavy atom. The fourth-order valence-corrected chi connectivity index (χ4v) is 2.48. The number of amides is 1. The molecule has 0 aliphatic carbocycles. The van der Waals surface area contributed by atoms with E-state index in [9.17, 15) is 19.8 Å². The number of carbonyl (C=O) groups is 2. The molecule has 0 aromatic heterocycles. The van der Waals surface area contributed by atoms with E-state index in [-0.39, 0.29) is 24.5 Å². The molecule has 1 unspecified atom stereocenters. The van der Waals surface area contributed by atoms with Gasteiger partial charge in [0.15, 0.2) is 0 Å². The van der Waals surface area contributed by atoms with Gasteiger partial charge in [0, 0.05) is 12.5 Å². The SMILES string of the molecule is CCOC(=O)C(Cc1ccc(O)cc1)NC(=O)/C=C/c1ccc(O)c(C)c1. The number of aryl methyl sites for hydroxylation is 1. The fourth-order valence-electron chi connectivity index (χ4n) is 2.48. The first kappa shape index (κ1) is 20.0. The van der Waals surface area contributed by atoms with Gasteiger partial charge in [-0.15, -0.1) is 0 Å². The van der Waals surface area contributed by atoms with Gasteiger partial charge in [-0.2, -0.15) is 0 Å². The lowest BCUT2D eigenvalue weighted by Gasteiger charge is -2.16. The van der Waals surface area contributed by atoms with Crippen LogP contribution in [0.4, 0.5) is 0 Å². The maximum absolute atomic E-state index is 12.2. The molecule has 6 nitrogen and oxygen atoms in total. The van der Waals surface area contributed by atoms with Crippen molar-refractivity contribution in [3.8, 4) is 11.5 Å². The molecule has 0 heterocycles. The van der Waals surface area contributed by atoms with Crippen LogP contribution in [0.1, 0.15) is 23.6 Å². The molecule has 6 heteroatoms. The number of esters is 1. The molecule has 1 atom stereocenters. The fraction of sp³-hybridized carbons (Fsp3) is 0.238. The second-order valence-corrected chi connectivity index (χ2v) is 6.06. The van der Waals surface area contributed by atoms with Crippen molar-refractivity contribution in [1.29, 1.82) is 0 Å². The number of phenolic OH excluding ortho intramolecular Hbond substituents is 2. The average molecular weight is 369 g/mol. The highest BCUT2D eigenvalue weighted by Crippen LogP contribution is 2.17. The lowest BCUT2D eigenvalue weighted by atomic mass is 10.1. The molecule has 0 aliphatic rings. The first-order valence-electron chi connectivity index (χ1n) is 8.61. The number of rotatable bonds is 7. The predicted octanol–water partition coefficient (Wildman–Crippen LogP) is 2.71. The van der Waals surface area contributed by atoms with E-state index in [1.54, 1.807) is 50.3 Å². The molecule has 0 fully saturated rings. The van der Waals surface area contributed by atoms with Crippen LogP contribution in [0, 0.1) is 6.92 Å². The Labute approximate surface area is 158 Å². The minimum Gasteiger partial charge on any atom is -0.508 e. The number of carbonyl (C=O) groups excluding carboxylic acids is 2. The topological polar surface area (TPSA) is 95.9 Å². The number of benzene rings is 2. The van der Waals surface area contributed by atoms with Crippen molar-refractivity contribution >= 4 is 18.0 Å². The van der Waals surface area contributed by atoms with E-state index >= 15 is 0 Å². The molecule has 1 amide bonds. The van der Waals surface area contributed by atoms with Gasteiger partial charge in [-0.25, -0.2) is 4.79 Å². The van der Waals surface area contributed by atoms with E-state index in [1.807, 2.05) is 0 Å². The summed E-state index contributed by atoms with van der Waals surface area (Å²) in [5.41, 5.74) is 2.24. The standard InChI is InChI=1S/C21H23NO5/c1-3-27-21(26)18(13-16-4-8-17(23)9-5-16)22-20(25)11-7-15-6-10-19(24)14(2)12-15/h4-12,18,23-24H,3,13H2,1-2H3,(H,22,25)/b11-7+. The molecule has 0 spiro atoms. The lowest BCUT2D eigenvalue weighted by Crippen LogP contribution is -2.42. The maximum Gasteiger partial charge on any atom is 0.328 e. The Bertz CT molecular complexity index is 827. The van der Waals surface area contributed by atoms with Crippen molar-refractivity contribution < 1.29 is 24.5 Å². The first-order valence-corrected chi connectivity index (χ1v) is 8.61. The Hall–Kier alpha value is -3.28. The van der Waals surface area contributed by atoms with E-state index in [4.69, 9.17) is 4.74 Å². The molecule has 0 saturated carbocycles. The summed E-state index contributed by atoms with van der Waals surface area (Å²) < 4.78 is 5.04. The third-order valence-corrected chi connectivity index (χ3v) is 3.91. The third kappa shape index (κ3) is 6.18. The summed E-state index contributed by atoms with van der Waals surface area (Å²) in [5.74, 6) is -0.638. The molecular weight excluding hydrogens is 346 g/mol. The van der Waals surface area contributed by atoms with Crippen LogP contribution in [0.2, 0.25) is 0 Å². The number of hydrogen-bond donors (Lipinski definition) is 3. The third-order valence-electron chi connectivity index (χ3n) is 3.91. The van der Waals surface area contributed by atoms with E-state index in [0.29, 0.717) is 5.56 Å². The monoisotopic (exact) mass is 369 g/mol. The quantitative estimate of drug-likeness (QED) is 0.515. The normalized spacial score (nSPS) is 11.9. The molecule has 0 bridgehead atoms. The highest BCUT2D eigenvalue weighted by atomic mass is 16.5. The predicted molar refractivity (Wildman–Crippen MR) is 102 cm³/mol. The van der Waals surface area contributed by atoms with Gasteiger partial charge in [0.05, 0.1) is 6.61 Å². The van der Waals surface area contributed by atoms with Crippen molar-refractivity contribution in [2.45, 2.75) is 26.3 Å². The Balaban J connectivity index is 2.07. The highest BCUT2D eigenvalue weighted by Gasteiger charge is 2.21. The molecule has 2 rings (SSSR count). The Morgan fingerprint density at radius 2 is 1.85 bits per heavy atom. The minimum absolute atomic E-state index is 0.127. The van der Waals surface area contributed by atoms with E-state index in [1.165, 1.54) is 18.2 Å². The molecule has 0 aliphatic heterocycles. The molecule has 3 N–H and O–H groups in total. The van der Waals surface area contributed by atoms with Crippen LogP contribution in [0.5, 0.6) is 11.5 Å². The van der Waals surface area contributed by atoms with Gasteiger partial charge in [0.2, 0.25) is 5.91 Å².